The van der Waals surface area contributed by atoms with Crippen molar-refractivity contribution in [2.24, 2.45) is 11.8 Å². The second kappa shape index (κ2) is 5.80. The third kappa shape index (κ3) is 2.92. The summed E-state index contributed by atoms with van der Waals surface area (Å²) in [5.41, 5.74) is 1.28. The van der Waals surface area contributed by atoms with Crippen LogP contribution in [0.4, 0.5) is 0 Å². The molecule has 2 nitrogen and oxygen atoms in total. The van der Waals surface area contributed by atoms with E-state index < -0.39 is 0 Å². The Morgan fingerprint density at radius 1 is 1.25 bits per heavy atom. The molecule has 0 aromatic heterocycles. The maximum absolute atomic E-state index is 11.2. The quantitative estimate of drug-likeness (QED) is 0.782. The van der Waals surface area contributed by atoms with E-state index in [1.807, 2.05) is 18.2 Å². The fourth-order valence-corrected chi connectivity index (χ4v) is 2.48. The van der Waals surface area contributed by atoms with E-state index in [0.717, 1.165) is 38.6 Å². The smallest absolute Gasteiger partial charge is 0.123 e. The summed E-state index contributed by atoms with van der Waals surface area (Å²) < 4.78 is 0. The Hall–Kier alpha value is -1.15. The van der Waals surface area contributed by atoms with Crippen LogP contribution in [0, 0.1) is 11.8 Å². The second-order valence-corrected chi connectivity index (χ2v) is 4.58. The molecule has 1 aliphatic rings. The minimum absolute atomic E-state index is 0.199. The molecule has 1 atom stereocenters. The van der Waals surface area contributed by atoms with Crippen LogP contribution in [0.2, 0.25) is 0 Å². The van der Waals surface area contributed by atoms with Crippen LogP contribution in [0.25, 0.3) is 0 Å². The van der Waals surface area contributed by atoms with Gasteiger partial charge in [-0.25, -0.2) is 0 Å². The lowest BCUT2D eigenvalue weighted by Gasteiger charge is -2.27. The van der Waals surface area contributed by atoms with Crippen LogP contribution in [-0.2, 0) is 11.2 Å². The predicted molar refractivity (Wildman–Crippen MR) is 65.3 cm³/mol. The summed E-state index contributed by atoms with van der Waals surface area (Å²) in [6.07, 6.45) is 4.32. The number of carbonyl (C=O) groups is 1. The number of nitrogens with one attached hydrogen (secondary N) is 1. The van der Waals surface area contributed by atoms with Gasteiger partial charge in [0.2, 0.25) is 0 Å². The normalized spacial score (nSPS) is 19.2. The molecule has 1 aliphatic heterocycles. The van der Waals surface area contributed by atoms with Crippen molar-refractivity contribution < 1.29 is 4.79 Å². The molecular weight excluding hydrogens is 198 g/mol. The van der Waals surface area contributed by atoms with Gasteiger partial charge in [0.1, 0.15) is 6.29 Å². The van der Waals surface area contributed by atoms with Crippen molar-refractivity contribution in [3.8, 4) is 0 Å². The number of rotatable bonds is 4. The molecule has 1 fully saturated rings. The molecule has 0 spiro atoms. The van der Waals surface area contributed by atoms with Gasteiger partial charge >= 0.3 is 0 Å². The highest BCUT2D eigenvalue weighted by atomic mass is 16.1. The van der Waals surface area contributed by atoms with E-state index in [9.17, 15) is 4.79 Å². The van der Waals surface area contributed by atoms with Crippen molar-refractivity contribution in [2.75, 3.05) is 13.1 Å². The molecule has 16 heavy (non-hydrogen) atoms. The van der Waals surface area contributed by atoms with E-state index in [2.05, 4.69) is 17.4 Å². The van der Waals surface area contributed by atoms with Crippen LogP contribution >= 0.6 is 0 Å². The number of piperidine rings is 1. The Morgan fingerprint density at radius 3 is 2.56 bits per heavy atom. The van der Waals surface area contributed by atoms with Gasteiger partial charge in [-0.2, -0.15) is 0 Å². The Morgan fingerprint density at radius 2 is 1.94 bits per heavy atom. The van der Waals surface area contributed by atoms with Crippen LogP contribution in [0.15, 0.2) is 30.3 Å². The van der Waals surface area contributed by atoms with Crippen molar-refractivity contribution in [1.82, 2.24) is 5.32 Å². The van der Waals surface area contributed by atoms with Gasteiger partial charge in [0.05, 0.1) is 0 Å². The molecule has 0 amide bonds. The van der Waals surface area contributed by atoms with E-state index in [0.29, 0.717) is 5.92 Å². The van der Waals surface area contributed by atoms with Crippen molar-refractivity contribution in [1.29, 1.82) is 0 Å². The zero-order valence-corrected chi connectivity index (χ0v) is 9.56. The third-order valence-corrected chi connectivity index (χ3v) is 3.48. The number of carbonyl (C=O) groups excluding carboxylic acids is 1. The molecule has 0 radical (unpaired) electrons. The summed E-state index contributed by atoms with van der Waals surface area (Å²) in [7, 11) is 0. The van der Waals surface area contributed by atoms with E-state index in [1.165, 1.54) is 5.56 Å². The molecule has 0 aliphatic carbocycles. The van der Waals surface area contributed by atoms with Gasteiger partial charge in [0.25, 0.3) is 0 Å². The first-order chi connectivity index (χ1) is 7.90. The first-order valence-corrected chi connectivity index (χ1v) is 6.10. The van der Waals surface area contributed by atoms with Gasteiger partial charge in [-0.1, -0.05) is 30.3 Å². The molecule has 0 saturated carbocycles. The topological polar surface area (TPSA) is 29.1 Å². The molecule has 2 heteroatoms. The summed E-state index contributed by atoms with van der Waals surface area (Å²) in [5.74, 6) is 0.767. The average Bonchev–Trinajstić information content (AvgIpc) is 2.38. The molecule has 1 unspecified atom stereocenters. The zero-order chi connectivity index (χ0) is 11.2. The van der Waals surface area contributed by atoms with E-state index in [-0.39, 0.29) is 5.92 Å². The highest BCUT2D eigenvalue weighted by Gasteiger charge is 2.22. The van der Waals surface area contributed by atoms with Crippen molar-refractivity contribution >= 4 is 6.29 Å². The van der Waals surface area contributed by atoms with E-state index >= 15 is 0 Å². The summed E-state index contributed by atoms with van der Waals surface area (Å²) in [5, 5.41) is 3.34. The Balaban J connectivity index is 1.97. The third-order valence-electron chi connectivity index (χ3n) is 3.48. The monoisotopic (exact) mass is 217 g/mol. The molecule has 1 N–H and O–H groups in total. The van der Waals surface area contributed by atoms with Crippen LogP contribution in [0.3, 0.4) is 0 Å². The van der Waals surface area contributed by atoms with Gasteiger partial charge in [-0.15, -0.1) is 0 Å². The predicted octanol–water partition coefficient (Wildman–Crippen LogP) is 2.04. The highest BCUT2D eigenvalue weighted by Crippen LogP contribution is 2.23. The number of aldehydes is 1. The summed E-state index contributed by atoms with van der Waals surface area (Å²) >= 11 is 0. The average molecular weight is 217 g/mol. The Labute approximate surface area is 97.1 Å². The standard InChI is InChI=1S/C14H19NO/c16-11-14(13-6-8-15-9-7-13)10-12-4-2-1-3-5-12/h1-5,11,13-15H,6-10H2. The minimum Gasteiger partial charge on any atom is -0.317 e. The molecule has 1 heterocycles. The fraction of sp³-hybridized carbons (Fsp3) is 0.500. The Kier molecular flexibility index (Phi) is 4.11. The lowest BCUT2D eigenvalue weighted by molar-refractivity contribution is -0.112. The van der Waals surface area contributed by atoms with E-state index in [4.69, 9.17) is 0 Å². The maximum Gasteiger partial charge on any atom is 0.123 e. The molecule has 2 rings (SSSR count). The first kappa shape index (κ1) is 11.3. The summed E-state index contributed by atoms with van der Waals surface area (Å²) in [4.78, 5) is 11.2. The SMILES string of the molecule is O=CC(Cc1ccccc1)C1CCNCC1. The number of hydrogen-bond acceptors (Lipinski definition) is 2. The molecule has 86 valence electrons. The lowest BCUT2D eigenvalue weighted by atomic mass is 9.82. The lowest BCUT2D eigenvalue weighted by Crippen LogP contribution is -2.32. The molecule has 1 saturated heterocycles. The van der Waals surface area contributed by atoms with E-state index in [1.54, 1.807) is 0 Å². The van der Waals surface area contributed by atoms with Crippen molar-refractivity contribution in [2.45, 2.75) is 19.3 Å². The van der Waals surface area contributed by atoms with Crippen LogP contribution in [0.1, 0.15) is 18.4 Å². The molecular formula is C14H19NO. The van der Waals surface area contributed by atoms with Gasteiger partial charge in [-0.3, -0.25) is 0 Å². The molecule has 0 bridgehead atoms. The zero-order valence-electron chi connectivity index (χ0n) is 9.56. The maximum atomic E-state index is 11.2. The molecule has 1 aromatic rings. The van der Waals surface area contributed by atoms with Gasteiger partial charge in [0, 0.05) is 5.92 Å². The first-order valence-electron chi connectivity index (χ1n) is 6.10. The minimum atomic E-state index is 0.199. The van der Waals surface area contributed by atoms with Crippen LogP contribution < -0.4 is 5.32 Å². The Bertz CT molecular complexity index is 317. The fourth-order valence-electron chi connectivity index (χ4n) is 2.48. The van der Waals surface area contributed by atoms with Gasteiger partial charge in [-0.05, 0) is 43.8 Å². The molecule has 1 aromatic carbocycles. The summed E-state index contributed by atoms with van der Waals surface area (Å²) in [6.45, 7) is 2.12. The number of hydrogen-bond donors (Lipinski definition) is 1. The highest BCUT2D eigenvalue weighted by molar-refractivity contribution is 5.55. The summed E-state index contributed by atoms with van der Waals surface area (Å²) in [6, 6.07) is 10.3. The van der Waals surface area contributed by atoms with Crippen LogP contribution in [0.5, 0.6) is 0 Å². The number of benzene rings is 1. The largest absolute Gasteiger partial charge is 0.317 e. The van der Waals surface area contributed by atoms with Crippen LogP contribution in [-0.4, -0.2) is 19.4 Å². The van der Waals surface area contributed by atoms with Gasteiger partial charge < -0.3 is 10.1 Å². The van der Waals surface area contributed by atoms with Crippen molar-refractivity contribution in [3.63, 3.8) is 0 Å². The second-order valence-electron chi connectivity index (χ2n) is 4.58. The van der Waals surface area contributed by atoms with Gasteiger partial charge in [0.15, 0.2) is 0 Å². The van der Waals surface area contributed by atoms with Crippen molar-refractivity contribution in [3.05, 3.63) is 35.9 Å².